The minimum absolute atomic E-state index is 0.0653. The maximum Gasteiger partial charge on any atom is 0.227 e. The second-order valence-corrected chi connectivity index (χ2v) is 8.44. The Morgan fingerprint density at radius 2 is 2.12 bits per heavy atom. The molecular formula is C16H19N5OS2. The number of benzene rings is 1. The van der Waals surface area contributed by atoms with Crippen molar-refractivity contribution in [2.45, 2.75) is 43.3 Å². The van der Waals surface area contributed by atoms with Gasteiger partial charge in [-0.2, -0.15) is 0 Å². The van der Waals surface area contributed by atoms with Gasteiger partial charge in [0.25, 0.3) is 0 Å². The average molecular weight is 361 g/mol. The van der Waals surface area contributed by atoms with Crippen molar-refractivity contribution in [2.75, 3.05) is 5.32 Å². The lowest BCUT2D eigenvalue weighted by atomic mass is 10.3. The number of thioether (sulfide) groups is 1. The number of fused-ring (bicyclic) bond motifs is 1. The highest BCUT2D eigenvalue weighted by molar-refractivity contribution is 8.01. The van der Waals surface area contributed by atoms with Crippen molar-refractivity contribution in [3.8, 4) is 0 Å². The molecule has 6 nitrogen and oxygen atoms in total. The van der Waals surface area contributed by atoms with Crippen molar-refractivity contribution >= 4 is 45.2 Å². The van der Waals surface area contributed by atoms with E-state index in [9.17, 15) is 4.79 Å². The standard InChI is InChI=1S/C16H19N5OS2/c1-10(2)23-16-20-19-15(24-16)18-14(22)8-9-21-11(3)17-12-6-4-5-7-13(12)21/h4-7,10H,8-9H2,1-3H3,(H,18,19,22). The van der Waals surface area contributed by atoms with Gasteiger partial charge in [0.2, 0.25) is 11.0 Å². The van der Waals surface area contributed by atoms with Crippen LogP contribution in [0.2, 0.25) is 0 Å². The number of amides is 1. The monoisotopic (exact) mass is 361 g/mol. The number of carbonyl (C=O) groups is 1. The Balaban J connectivity index is 1.61. The van der Waals surface area contributed by atoms with Gasteiger partial charge >= 0.3 is 0 Å². The van der Waals surface area contributed by atoms with Crippen LogP contribution < -0.4 is 5.32 Å². The van der Waals surface area contributed by atoms with E-state index in [0.717, 1.165) is 21.2 Å². The number of aromatic nitrogens is 4. The quantitative estimate of drug-likeness (QED) is 0.535. The summed E-state index contributed by atoms with van der Waals surface area (Å²) in [6.45, 7) is 6.74. The van der Waals surface area contributed by atoms with Crippen LogP contribution in [0.25, 0.3) is 11.0 Å². The molecule has 1 aromatic carbocycles. The van der Waals surface area contributed by atoms with E-state index in [1.54, 1.807) is 11.8 Å². The SMILES string of the molecule is Cc1nc2ccccc2n1CCC(=O)Nc1nnc(SC(C)C)s1. The normalized spacial score (nSPS) is 11.3. The highest BCUT2D eigenvalue weighted by Crippen LogP contribution is 2.28. The fraction of sp³-hybridized carbons (Fsp3) is 0.375. The minimum Gasteiger partial charge on any atom is -0.328 e. The van der Waals surface area contributed by atoms with E-state index in [-0.39, 0.29) is 5.91 Å². The van der Waals surface area contributed by atoms with Crippen molar-refractivity contribution in [3.63, 3.8) is 0 Å². The van der Waals surface area contributed by atoms with E-state index in [1.807, 2.05) is 31.2 Å². The topological polar surface area (TPSA) is 72.7 Å². The lowest BCUT2D eigenvalue weighted by Gasteiger charge is -2.06. The average Bonchev–Trinajstić information content (AvgIpc) is 3.08. The predicted octanol–water partition coefficient (Wildman–Crippen LogP) is 3.73. The van der Waals surface area contributed by atoms with Gasteiger partial charge in [0, 0.05) is 18.2 Å². The first kappa shape index (κ1) is 16.9. The molecule has 0 aliphatic carbocycles. The number of hydrogen-bond donors (Lipinski definition) is 1. The van der Waals surface area contributed by atoms with Crippen LogP contribution in [-0.2, 0) is 11.3 Å². The molecule has 8 heteroatoms. The molecule has 3 rings (SSSR count). The Morgan fingerprint density at radius 1 is 1.33 bits per heavy atom. The molecule has 0 aliphatic rings. The molecule has 2 aromatic heterocycles. The maximum absolute atomic E-state index is 12.2. The number of hydrogen-bond acceptors (Lipinski definition) is 6. The van der Waals surface area contributed by atoms with Gasteiger partial charge in [0.15, 0.2) is 4.34 Å². The van der Waals surface area contributed by atoms with Gasteiger partial charge < -0.3 is 9.88 Å². The zero-order chi connectivity index (χ0) is 17.1. The lowest BCUT2D eigenvalue weighted by Crippen LogP contribution is -2.14. The van der Waals surface area contributed by atoms with Crippen LogP contribution in [0.3, 0.4) is 0 Å². The minimum atomic E-state index is -0.0653. The molecule has 0 spiro atoms. The third-order valence-electron chi connectivity index (χ3n) is 3.40. The molecule has 0 radical (unpaired) electrons. The van der Waals surface area contributed by atoms with Crippen LogP contribution in [0.1, 0.15) is 26.1 Å². The molecular weight excluding hydrogens is 342 g/mol. The van der Waals surface area contributed by atoms with Crippen LogP contribution in [-0.4, -0.2) is 30.9 Å². The van der Waals surface area contributed by atoms with E-state index in [1.165, 1.54) is 11.3 Å². The number of nitrogens with zero attached hydrogens (tertiary/aromatic N) is 4. The Hall–Kier alpha value is -1.93. The molecule has 0 saturated heterocycles. The van der Waals surface area contributed by atoms with Crippen molar-refractivity contribution in [1.29, 1.82) is 0 Å². The number of rotatable bonds is 6. The molecule has 0 aliphatic heterocycles. The molecule has 1 amide bonds. The molecule has 0 unspecified atom stereocenters. The molecule has 2 heterocycles. The summed E-state index contributed by atoms with van der Waals surface area (Å²) in [6.07, 6.45) is 0.368. The number of nitrogens with one attached hydrogen (secondary N) is 1. The fourth-order valence-electron chi connectivity index (χ4n) is 2.38. The van der Waals surface area contributed by atoms with Gasteiger partial charge in [-0.25, -0.2) is 4.98 Å². The largest absolute Gasteiger partial charge is 0.328 e. The summed E-state index contributed by atoms with van der Waals surface area (Å²) in [5, 5.41) is 11.9. The van der Waals surface area contributed by atoms with Crippen LogP contribution in [0.5, 0.6) is 0 Å². The third-order valence-corrected chi connectivity index (χ3v) is 5.32. The van der Waals surface area contributed by atoms with E-state index >= 15 is 0 Å². The third kappa shape index (κ3) is 3.93. The van der Waals surface area contributed by atoms with Gasteiger partial charge in [-0.1, -0.05) is 49.1 Å². The molecule has 3 aromatic rings. The summed E-state index contributed by atoms with van der Waals surface area (Å²) in [5.41, 5.74) is 2.00. The van der Waals surface area contributed by atoms with E-state index < -0.39 is 0 Å². The number of para-hydroxylation sites is 2. The summed E-state index contributed by atoms with van der Waals surface area (Å²) in [7, 11) is 0. The number of imidazole rings is 1. The second-order valence-electron chi connectivity index (χ2n) is 5.64. The predicted molar refractivity (Wildman–Crippen MR) is 98.6 cm³/mol. The summed E-state index contributed by atoms with van der Waals surface area (Å²) in [6, 6.07) is 7.95. The van der Waals surface area contributed by atoms with Gasteiger partial charge in [-0.3, -0.25) is 4.79 Å². The molecule has 24 heavy (non-hydrogen) atoms. The van der Waals surface area contributed by atoms with E-state index in [2.05, 4.69) is 38.9 Å². The number of anilines is 1. The van der Waals surface area contributed by atoms with E-state index in [0.29, 0.717) is 23.3 Å². The summed E-state index contributed by atoms with van der Waals surface area (Å²) in [5.74, 6) is 0.847. The first-order valence-corrected chi connectivity index (χ1v) is 9.44. The maximum atomic E-state index is 12.2. The van der Waals surface area contributed by atoms with Crippen LogP contribution in [0.15, 0.2) is 28.6 Å². The smallest absolute Gasteiger partial charge is 0.227 e. The Kier molecular flexibility index (Phi) is 5.15. The summed E-state index contributed by atoms with van der Waals surface area (Å²) in [4.78, 5) is 16.7. The van der Waals surface area contributed by atoms with Crippen molar-refractivity contribution in [1.82, 2.24) is 19.7 Å². The molecule has 0 bridgehead atoms. The first-order valence-electron chi connectivity index (χ1n) is 7.75. The van der Waals surface area contributed by atoms with Crippen molar-refractivity contribution < 1.29 is 4.79 Å². The van der Waals surface area contributed by atoms with Gasteiger partial charge in [0.05, 0.1) is 11.0 Å². The summed E-state index contributed by atoms with van der Waals surface area (Å²) >= 11 is 3.05. The van der Waals surface area contributed by atoms with Crippen LogP contribution >= 0.6 is 23.1 Å². The first-order chi connectivity index (χ1) is 11.5. The molecule has 0 atom stereocenters. The van der Waals surface area contributed by atoms with Crippen molar-refractivity contribution in [3.05, 3.63) is 30.1 Å². The molecule has 1 N–H and O–H groups in total. The Labute approximate surface area is 148 Å². The van der Waals surface area contributed by atoms with Gasteiger partial charge in [-0.15, -0.1) is 10.2 Å². The zero-order valence-electron chi connectivity index (χ0n) is 13.8. The molecule has 126 valence electrons. The van der Waals surface area contributed by atoms with Crippen LogP contribution in [0.4, 0.5) is 5.13 Å². The highest BCUT2D eigenvalue weighted by Gasteiger charge is 2.12. The fourth-order valence-corrected chi connectivity index (χ4v) is 4.37. The molecule has 0 saturated carbocycles. The second kappa shape index (κ2) is 7.31. The Bertz CT molecular complexity index is 855. The summed E-state index contributed by atoms with van der Waals surface area (Å²) < 4.78 is 2.94. The van der Waals surface area contributed by atoms with Gasteiger partial charge in [0.1, 0.15) is 5.82 Å². The highest BCUT2D eigenvalue weighted by atomic mass is 32.2. The van der Waals surface area contributed by atoms with Crippen molar-refractivity contribution in [2.24, 2.45) is 0 Å². The molecule has 0 fully saturated rings. The van der Waals surface area contributed by atoms with E-state index in [4.69, 9.17) is 0 Å². The Morgan fingerprint density at radius 3 is 2.92 bits per heavy atom. The lowest BCUT2D eigenvalue weighted by molar-refractivity contribution is -0.116. The number of carbonyl (C=O) groups excluding carboxylic acids is 1. The van der Waals surface area contributed by atoms with Gasteiger partial charge in [-0.05, 0) is 19.1 Å². The number of aryl methyl sites for hydroxylation is 2. The van der Waals surface area contributed by atoms with Crippen LogP contribution in [0, 0.1) is 6.92 Å². The zero-order valence-corrected chi connectivity index (χ0v) is 15.4.